The van der Waals surface area contributed by atoms with Crippen LogP contribution >= 0.6 is 0 Å². The number of hydrogen-bond donors (Lipinski definition) is 1. The van der Waals surface area contributed by atoms with E-state index >= 15 is 0 Å². The van der Waals surface area contributed by atoms with E-state index in [2.05, 4.69) is 47.0 Å². The second kappa shape index (κ2) is 7.68. The van der Waals surface area contributed by atoms with E-state index in [1.165, 1.54) is 23.3 Å². The minimum atomic E-state index is -4.67. The van der Waals surface area contributed by atoms with E-state index in [0.29, 0.717) is 0 Å². The summed E-state index contributed by atoms with van der Waals surface area (Å²) in [6.07, 6.45) is -4.67. The first-order valence-electron chi connectivity index (χ1n) is 8.70. The third-order valence-corrected chi connectivity index (χ3v) is 4.51. The maximum atomic E-state index is 12.4. The number of nitrogens with one attached hydrogen (secondary N) is 1. The first-order chi connectivity index (χ1) is 12.3. The van der Waals surface area contributed by atoms with Gasteiger partial charge in [0.2, 0.25) is 0 Å². The molecule has 0 bridgehead atoms. The Labute approximate surface area is 151 Å². The number of rotatable bonds is 4. The molecule has 1 heterocycles. The summed E-state index contributed by atoms with van der Waals surface area (Å²) >= 11 is 0. The summed E-state index contributed by atoms with van der Waals surface area (Å²) in [7, 11) is 0. The van der Waals surface area contributed by atoms with Crippen LogP contribution in [0.5, 0.6) is 5.75 Å². The first kappa shape index (κ1) is 18.7. The van der Waals surface area contributed by atoms with Gasteiger partial charge in [-0.05, 0) is 37.1 Å². The van der Waals surface area contributed by atoms with Gasteiger partial charge in [0.25, 0.3) is 0 Å². The molecule has 1 fully saturated rings. The van der Waals surface area contributed by atoms with Crippen molar-refractivity contribution in [1.29, 1.82) is 0 Å². The van der Waals surface area contributed by atoms with Crippen molar-refractivity contribution >= 4 is 0 Å². The minimum Gasteiger partial charge on any atom is -0.406 e. The van der Waals surface area contributed by atoms with Crippen LogP contribution in [-0.2, 0) is 0 Å². The quantitative estimate of drug-likeness (QED) is 0.880. The molecule has 1 saturated heterocycles. The molecule has 2 aromatic rings. The standard InChI is InChI=1S/C20H23F3N2O/c1-14-11-15(2)13-17(12-14)19(25-9-7-24-8-10-25)16-3-5-18(6-4-16)26-20(21,22)23/h3-6,11-13,19,24H,7-10H2,1-2H3/t19-/m1/s1. The second-order valence-corrected chi connectivity index (χ2v) is 6.73. The van der Waals surface area contributed by atoms with Crippen molar-refractivity contribution in [3.05, 3.63) is 64.7 Å². The van der Waals surface area contributed by atoms with Gasteiger partial charge in [0.05, 0.1) is 6.04 Å². The highest BCUT2D eigenvalue weighted by molar-refractivity contribution is 5.39. The Balaban J connectivity index is 1.94. The average molecular weight is 364 g/mol. The molecule has 3 rings (SSSR count). The van der Waals surface area contributed by atoms with Crippen molar-refractivity contribution in [2.75, 3.05) is 26.2 Å². The van der Waals surface area contributed by atoms with Gasteiger partial charge in [-0.2, -0.15) is 0 Å². The van der Waals surface area contributed by atoms with Gasteiger partial charge in [-0.1, -0.05) is 41.5 Å². The summed E-state index contributed by atoms with van der Waals surface area (Å²) in [6.45, 7) is 7.70. The summed E-state index contributed by atoms with van der Waals surface area (Å²) in [4.78, 5) is 2.37. The molecule has 6 heteroatoms. The van der Waals surface area contributed by atoms with Gasteiger partial charge in [-0.15, -0.1) is 13.2 Å². The van der Waals surface area contributed by atoms with E-state index < -0.39 is 6.36 Å². The fourth-order valence-corrected chi connectivity index (χ4v) is 3.57. The maximum absolute atomic E-state index is 12.4. The van der Waals surface area contributed by atoms with Crippen LogP contribution in [0.4, 0.5) is 13.2 Å². The number of ether oxygens (including phenoxy) is 1. The van der Waals surface area contributed by atoms with E-state index in [1.54, 1.807) is 12.1 Å². The molecule has 1 aliphatic heterocycles. The smallest absolute Gasteiger partial charge is 0.406 e. The van der Waals surface area contributed by atoms with Crippen LogP contribution < -0.4 is 10.1 Å². The fourth-order valence-electron chi connectivity index (χ4n) is 3.57. The van der Waals surface area contributed by atoms with Gasteiger partial charge < -0.3 is 10.1 Å². The monoisotopic (exact) mass is 364 g/mol. The van der Waals surface area contributed by atoms with Gasteiger partial charge in [0.15, 0.2) is 0 Å². The predicted molar refractivity (Wildman–Crippen MR) is 95.3 cm³/mol. The first-order valence-corrected chi connectivity index (χ1v) is 8.70. The molecule has 3 nitrogen and oxygen atoms in total. The van der Waals surface area contributed by atoms with Crippen LogP contribution in [0.3, 0.4) is 0 Å². The normalized spacial score (nSPS) is 17.1. The van der Waals surface area contributed by atoms with Gasteiger partial charge >= 0.3 is 6.36 Å². The van der Waals surface area contributed by atoms with Gasteiger partial charge in [-0.25, -0.2) is 0 Å². The van der Waals surface area contributed by atoms with Crippen LogP contribution in [0.25, 0.3) is 0 Å². The molecule has 26 heavy (non-hydrogen) atoms. The molecule has 2 aromatic carbocycles. The largest absolute Gasteiger partial charge is 0.573 e. The third-order valence-electron chi connectivity index (χ3n) is 4.51. The summed E-state index contributed by atoms with van der Waals surface area (Å²) in [5, 5.41) is 3.34. The van der Waals surface area contributed by atoms with E-state index in [0.717, 1.165) is 37.3 Å². The Hall–Kier alpha value is -2.05. The third kappa shape index (κ3) is 4.77. The van der Waals surface area contributed by atoms with Crippen LogP contribution in [0.2, 0.25) is 0 Å². The Morgan fingerprint density at radius 3 is 2.04 bits per heavy atom. The molecule has 1 aliphatic rings. The Kier molecular flexibility index (Phi) is 5.53. The van der Waals surface area contributed by atoms with Gasteiger partial charge in [0, 0.05) is 26.2 Å². The van der Waals surface area contributed by atoms with Crippen LogP contribution in [-0.4, -0.2) is 37.4 Å². The van der Waals surface area contributed by atoms with Crippen molar-refractivity contribution in [2.24, 2.45) is 0 Å². The molecule has 0 radical (unpaired) electrons. The molecule has 0 unspecified atom stereocenters. The van der Waals surface area contributed by atoms with Crippen LogP contribution in [0.1, 0.15) is 28.3 Å². The number of nitrogens with zero attached hydrogens (tertiary/aromatic N) is 1. The second-order valence-electron chi connectivity index (χ2n) is 6.73. The summed E-state index contributed by atoms with van der Waals surface area (Å²) in [5.41, 5.74) is 4.48. The predicted octanol–water partition coefficient (Wildman–Crippen LogP) is 4.20. The average Bonchev–Trinajstić information content (AvgIpc) is 2.55. The number of alkyl halides is 3. The zero-order chi connectivity index (χ0) is 18.7. The molecule has 140 valence electrons. The molecule has 0 amide bonds. The molecule has 1 N–H and O–H groups in total. The Bertz CT molecular complexity index is 717. The van der Waals surface area contributed by atoms with Crippen molar-refractivity contribution in [1.82, 2.24) is 10.2 Å². The van der Waals surface area contributed by atoms with Crippen molar-refractivity contribution in [3.8, 4) is 5.75 Å². The molecule has 0 aromatic heterocycles. The summed E-state index contributed by atoms with van der Waals surface area (Å²) in [5.74, 6) is -0.194. The minimum absolute atomic E-state index is 0.00985. The maximum Gasteiger partial charge on any atom is 0.573 e. The number of benzene rings is 2. The molecular formula is C20H23F3N2O. The molecule has 1 atom stereocenters. The van der Waals surface area contributed by atoms with E-state index in [9.17, 15) is 13.2 Å². The van der Waals surface area contributed by atoms with E-state index in [4.69, 9.17) is 0 Å². The highest BCUT2D eigenvalue weighted by Gasteiger charge is 2.31. The fraction of sp³-hybridized carbons (Fsp3) is 0.400. The van der Waals surface area contributed by atoms with Gasteiger partial charge in [0.1, 0.15) is 5.75 Å². The lowest BCUT2D eigenvalue weighted by molar-refractivity contribution is -0.274. The highest BCUT2D eigenvalue weighted by atomic mass is 19.4. The van der Waals surface area contributed by atoms with Gasteiger partial charge in [-0.3, -0.25) is 4.90 Å². The topological polar surface area (TPSA) is 24.5 Å². The van der Waals surface area contributed by atoms with Crippen molar-refractivity contribution in [2.45, 2.75) is 26.3 Å². The van der Waals surface area contributed by atoms with Crippen molar-refractivity contribution in [3.63, 3.8) is 0 Å². The Morgan fingerprint density at radius 2 is 1.50 bits per heavy atom. The molecular weight excluding hydrogens is 341 g/mol. The summed E-state index contributed by atoms with van der Waals surface area (Å²) in [6, 6.07) is 12.7. The van der Waals surface area contributed by atoms with Crippen LogP contribution in [0, 0.1) is 13.8 Å². The van der Waals surface area contributed by atoms with E-state index in [1.807, 2.05) is 0 Å². The molecule has 0 spiro atoms. The number of hydrogen-bond acceptors (Lipinski definition) is 3. The van der Waals surface area contributed by atoms with Crippen molar-refractivity contribution < 1.29 is 17.9 Å². The lowest BCUT2D eigenvalue weighted by atomic mass is 9.93. The van der Waals surface area contributed by atoms with Crippen LogP contribution in [0.15, 0.2) is 42.5 Å². The highest BCUT2D eigenvalue weighted by Crippen LogP contribution is 2.32. The summed E-state index contributed by atoms with van der Waals surface area (Å²) < 4.78 is 41.2. The van der Waals surface area contributed by atoms with E-state index in [-0.39, 0.29) is 11.8 Å². The number of halogens is 3. The lowest BCUT2D eigenvalue weighted by Gasteiger charge is -2.36. The molecule has 0 aliphatic carbocycles. The zero-order valence-corrected chi connectivity index (χ0v) is 14.9. The Morgan fingerprint density at radius 1 is 0.923 bits per heavy atom. The molecule has 0 saturated carbocycles. The lowest BCUT2D eigenvalue weighted by Crippen LogP contribution is -2.45. The SMILES string of the molecule is Cc1cc(C)cc([C@@H](c2ccc(OC(F)(F)F)cc2)N2CCNCC2)c1. The number of aryl methyl sites for hydroxylation is 2. The number of piperazine rings is 1. The zero-order valence-electron chi connectivity index (χ0n) is 14.9.